The summed E-state index contributed by atoms with van der Waals surface area (Å²) in [5.41, 5.74) is 2.33. The summed E-state index contributed by atoms with van der Waals surface area (Å²) < 4.78 is 40.4. The number of hydrogen-bond donors (Lipinski definition) is 1. The molecule has 0 bridgehead atoms. The van der Waals surface area contributed by atoms with Gasteiger partial charge in [0.25, 0.3) is 0 Å². The number of aromatic nitrogens is 1. The van der Waals surface area contributed by atoms with Gasteiger partial charge >= 0.3 is 6.36 Å². The quantitative estimate of drug-likeness (QED) is 0.888. The van der Waals surface area contributed by atoms with Crippen LogP contribution >= 0.6 is 0 Å². The molecule has 134 valence electrons. The highest BCUT2D eigenvalue weighted by Gasteiger charge is 2.31. The molecule has 3 rings (SSSR count). The minimum absolute atomic E-state index is 0.299. The van der Waals surface area contributed by atoms with Crippen molar-refractivity contribution in [3.63, 3.8) is 0 Å². The summed E-state index contributed by atoms with van der Waals surface area (Å²) >= 11 is 0. The van der Waals surface area contributed by atoms with Gasteiger partial charge in [-0.25, -0.2) is 4.98 Å². The molecule has 1 aromatic carbocycles. The predicted octanol–water partition coefficient (Wildman–Crippen LogP) is 4.37. The zero-order chi connectivity index (χ0) is 17.9. The third-order valence-electron chi connectivity index (χ3n) is 4.16. The van der Waals surface area contributed by atoms with Gasteiger partial charge in [-0.2, -0.15) is 0 Å². The van der Waals surface area contributed by atoms with Gasteiger partial charge in [0.2, 0.25) is 0 Å². The molecule has 1 fully saturated rings. The summed E-state index contributed by atoms with van der Waals surface area (Å²) in [6, 6.07) is 11.5. The molecule has 25 heavy (non-hydrogen) atoms. The summed E-state index contributed by atoms with van der Waals surface area (Å²) in [6.45, 7) is 3.66. The van der Waals surface area contributed by atoms with Crippen molar-refractivity contribution in [1.29, 1.82) is 0 Å². The number of anilines is 2. The van der Waals surface area contributed by atoms with Crippen LogP contribution in [0.5, 0.6) is 5.75 Å². The Morgan fingerprint density at radius 2 is 1.92 bits per heavy atom. The number of aryl methyl sites for hydroxylation is 1. The summed E-state index contributed by atoms with van der Waals surface area (Å²) in [5, 5.41) is 3.54. The van der Waals surface area contributed by atoms with Gasteiger partial charge in [-0.15, -0.1) is 13.2 Å². The minimum Gasteiger partial charge on any atom is -0.404 e. The topological polar surface area (TPSA) is 37.4 Å². The van der Waals surface area contributed by atoms with E-state index in [1.807, 2.05) is 6.07 Å². The molecule has 0 atom stereocenters. The van der Waals surface area contributed by atoms with Crippen molar-refractivity contribution >= 4 is 11.5 Å². The maximum Gasteiger partial charge on any atom is 0.573 e. The van der Waals surface area contributed by atoms with E-state index in [0.717, 1.165) is 37.8 Å². The summed E-state index contributed by atoms with van der Waals surface area (Å²) in [4.78, 5) is 6.16. The highest BCUT2D eigenvalue weighted by atomic mass is 19.4. The fourth-order valence-electron chi connectivity index (χ4n) is 2.98. The first kappa shape index (κ1) is 17.4. The molecule has 4 nitrogen and oxygen atoms in total. The maximum absolute atomic E-state index is 12.2. The Morgan fingerprint density at radius 3 is 2.52 bits per heavy atom. The number of pyridine rings is 1. The number of ether oxygens (including phenoxy) is 1. The Morgan fingerprint density at radius 1 is 1.16 bits per heavy atom. The van der Waals surface area contributed by atoms with Crippen LogP contribution in [0.15, 0.2) is 42.6 Å². The van der Waals surface area contributed by atoms with Gasteiger partial charge in [0, 0.05) is 24.8 Å². The van der Waals surface area contributed by atoms with E-state index in [9.17, 15) is 13.2 Å². The van der Waals surface area contributed by atoms with E-state index in [0.29, 0.717) is 11.9 Å². The van der Waals surface area contributed by atoms with Crippen LogP contribution in [0.4, 0.5) is 24.7 Å². The van der Waals surface area contributed by atoms with Crippen molar-refractivity contribution in [2.45, 2.75) is 32.2 Å². The van der Waals surface area contributed by atoms with Crippen molar-refractivity contribution in [3.05, 3.63) is 48.2 Å². The number of halogens is 3. The van der Waals surface area contributed by atoms with Crippen LogP contribution < -0.4 is 15.0 Å². The smallest absolute Gasteiger partial charge is 0.404 e. The Hall–Kier alpha value is -2.44. The van der Waals surface area contributed by atoms with Crippen LogP contribution in [0.25, 0.3) is 0 Å². The third kappa shape index (κ3) is 5.01. The Bertz CT molecular complexity index is 695. The number of nitrogens with one attached hydrogen (secondary N) is 1. The van der Waals surface area contributed by atoms with Crippen LogP contribution in [0.3, 0.4) is 0 Å². The number of benzene rings is 1. The van der Waals surface area contributed by atoms with E-state index < -0.39 is 6.36 Å². The van der Waals surface area contributed by atoms with Crippen LogP contribution in [0.2, 0.25) is 0 Å². The molecule has 2 aromatic rings. The van der Waals surface area contributed by atoms with Gasteiger partial charge in [-0.3, -0.25) is 0 Å². The van der Waals surface area contributed by atoms with Gasteiger partial charge in [-0.1, -0.05) is 12.1 Å². The molecular formula is C18H20F3N3O. The van der Waals surface area contributed by atoms with E-state index in [1.165, 1.54) is 11.6 Å². The number of nitrogens with zero attached hydrogens (tertiary/aromatic N) is 2. The lowest BCUT2D eigenvalue weighted by Gasteiger charge is -2.33. The summed E-state index contributed by atoms with van der Waals surface area (Å²) in [7, 11) is 0. The molecule has 1 saturated heterocycles. The molecular weight excluding hydrogens is 331 g/mol. The molecule has 0 saturated carbocycles. The molecule has 1 aliphatic heterocycles. The van der Waals surface area contributed by atoms with Crippen LogP contribution in [0, 0.1) is 6.92 Å². The van der Waals surface area contributed by atoms with E-state index in [4.69, 9.17) is 0 Å². The second-order valence-electron chi connectivity index (χ2n) is 6.18. The summed E-state index contributed by atoms with van der Waals surface area (Å²) in [5.74, 6) is 0.371. The largest absolute Gasteiger partial charge is 0.573 e. The van der Waals surface area contributed by atoms with E-state index in [1.54, 1.807) is 6.07 Å². The predicted molar refractivity (Wildman–Crippen MR) is 91.0 cm³/mol. The first-order chi connectivity index (χ1) is 11.9. The average Bonchev–Trinajstić information content (AvgIpc) is 2.55. The number of alkyl halides is 3. The first-order valence-electron chi connectivity index (χ1n) is 8.19. The fraction of sp³-hybridized carbons (Fsp3) is 0.389. The van der Waals surface area contributed by atoms with Crippen molar-refractivity contribution in [1.82, 2.24) is 4.98 Å². The van der Waals surface area contributed by atoms with Gasteiger partial charge in [-0.05, 0) is 49.6 Å². The molecule has 2 heterocycles. The highest BCUT2D eigenvalue weighted by molar-refractivity contribution is 5.47. The normalized spacial score (nSPS) is 15.9. The Labute approximate surface area is 144 Å². The fourth-order valence-corrected chi connectivity index (χ4v) is 2.98. The average molecular weight is 351 g/mol. The number of rotatable bonds is 4. The molecule has 0 radical (unpaired) electrons. The second kappa shape index (κ2) is 7.21. The SMILES string of the molecule is Cc1cccc(NC2CCN(c3ccc(OC(F)(F)F)cn3)CC2)c1. The van der Waals surface area contributed by atoms with Crippen molar-refractivity contribution in [2.75, 3.05) is 23.3 Å². The van der Waals surface area contributed by atoms with Gasteiger partial charge in [0.15, 0.2) is 0 Å². The van der Waals surface area contributed by atoms with E-state index in [2.05, 4.69) is 45.1 Å². The lowest BCUT2D eigenvalue weighted by Crippen LogP contribution is -2.39. The number of hydrogen-bond acceptors (Lipinski definition) is 4. The molecule has 0 spiro atoms. The minimum atomic E-state index is -4.69. The maximum atomic E-state index is 12.2. The Balaban J connectivity index is 1.53. The Kier molecular flexibility index (Phi) is 5.01. The molecule has 1 aliphatic rings. The standard InChI is InChI=1S/C18H20F3N3O/c1-13-3-2-4-15(11-13)23-14-7-9-24(10-8-14)17-6-5-16(12-22-17)25-18(19,20)21/h2-6,11-12,14,23H,7-10H2,1H3. The highest BCUT2D eigenvalue weighted by Crippen LogP contribution is 2.25. The lowest BCUT2D eigenvalue weighted by molar-refractivity contribution is -0.274. The van der Waals surface area contributed by atoms with Gasteiger partial charge in [0.1, 0.15) is 11.6 Å². The molecule has 0 amide bonds. The second-order valence-corrected chi connectivity index (χ2v) is 6.18. The molecule has 1 aromatic heterocycles. The van der Waals surface area contributed by atoms with Crippen molar-refractivity contribution < 1.29 is 17.9 Å². The van der Waals surface area contributed by atoms with Crippen molar-refractivity contribution in [3.8, 4) is 5.75 Å². The monoisotopic (exact) mass is 351 g/mol. The molecule has 1 N–H and O–H groups in total. The van der Waals surface area contributed by atoms with Crippen molar-refractivity contribution in [2.24, 2.45) is 0 Å². The lowest BCUT2D eigenvalue weighted by atomic mass is 10.0. The third-order valence-corrected chi connectivity index (χ3v) is 4.16. The van der Waals surface area contributed by atoms with Gasteiger partial charge < -0.3 is 15.0 Å². The zero-order valence-electron chi connectivity index (χ0n) is 13.9. The molecule has 7 heteroatoms. The van der Waals surface area contributed by atoms with Gasteiger partial charge in [0.05, 0.1) is 6.20 Å². The van der Waals surface area contributed by atoms with Crippen LogP contribution in [-0.4, -0.2) is 30.5 Å². The molecule has 0 unspecified atom stereocenters. The van der Waals surface area contributed by atoms with Crippen LogP contribution in [-0.2, 0) is 0 Å². The molecule has 0 aliphatic carbocycles. The van der Waals surface area contributed by atoms with Crippen LogP contribution in [0.1, 0.15) is 18.4 Å². The van der Waals surface area contributed by atoms with E-state index in [-0.39, 0.29) is 5.75 Å². The zero-order valence-corrected chi connectivity index (χ0v) is 13.9. The van der Waals surface area contributed by atoms with E-state index >= 15 is 0 Å². The first-order valence-corrected chi connectivity index (χ1v) is 8.19. The number of piperidine rings is 1. The summed E-state index contributed by atoms with van der Waals surface area (Å²) in [6.07, 6.45) is -1.70.